The lowest BCUT2D eigenvalue weighted by Crippen LogP contribution is -2.23. The summed E-state index contributed by atoms with van der Waals surface area (Å²) in [6, 6.07) is 20.3. The van der Waals surface area contributed by atoms with E-state index in [1.165, 1.54) is 0 Å². The van der Waals surface area contributed by atoms with Gasteiger partial charge in [-0.15, -0.1) is 0 Å². The molecule has 0 aliphatic carbocycles. The Hall–Kier alpha value is -3.87. The number of ether oxygens (including phenoxy) is 1. The fourth-order valence-electron chi connectivity index (χ4n) is 2.69. The van der Waals surface area contributed by atoms with Crippen molar-refractivity contribution in [2.75, 3.05) is 7.11 Å². The number of amides is 1. The Morgan fingerprint density at radius 1 is 0.929 bits per heavy atom. The Morgan fingerprint density at radius 3 is 2.50 bits per heavy atom. The highest BCUT2D eigenvalue weighted by Crippen LogP contribution is 2.24. The first-order chi connectivity index (χ1) is 13.7. The zero-order valence-electron chi connectivity index (χ0n) is 15.1. The number of carbonyl (C=O) groups excluding carboxylic acids is 1. The lowest BCUT2D eigenvalue weighted by atomic mass is 10.1. The number of hydrogen-bond acceptors (Lipinski definition) is 6. The molecule has 0 spiro atoms. The Kier molecular flexibility index (Phi) is 4.88. The van der Waals surface area contributed by atoms with Crippen molar-refractivity contribution in [2.45, 2.75) is 6.54 Å². The van der Waals surface area contributed by atoms with Crippen LogP contribution in [0.3, 0.4) is 0 Å². The smallest absolute Gasteiger partial charge is 0.273 e. The van der Waals surface area contributed by atoms with Gasteiger partial charge in [-0.1, -0.05) is 52.8 Å². The highest BCUT2D eigenvalue weighted by molar-refractivity contribution is 5.93. The minimum atomic E-state index is -0.350. The van der Waals surface area contributed by atoms with Crippen molar-refractivity contribution in [1.82, 2.24) is 15.6 Å². The van der Waals surface area contributed by atoms with E-state index >= 15 is 0 Å². The van der Waals surface area contributed by atoms with Gasteiger partial charge < -0.3 is 19.1 Å². The first kappa shape index (κ1) is 17.5. The molecule has 0 bridgehead atoms. The van der Waals surface area contributed by atoms with Gasteiger partial charge in [0.05, 0.1) is 13.7 Å². The van der Waals surface area contributed by atoms with Crippen molar-refractivity contribution < 1.29 is 18.6 Å². The molecule has 0 atom stereocenters. The second-order valence-electron chi connectivity index (χ2n) is 6.04. The number of rotatable bonds is 6. The Balaban J connectivity index is 1.40. The number of nitrogens with one attached hydrogen (secondary N) is 1. The van der Waals surface area contributed by atoms with E-state index < -0.39 is 0 Å². The molecule has 7 heteroatoms. The molecule has 2 aromatic heterocycles. The van der Waals surface area contributed by atoms with Gasteiger partial charge in [-0.3, -0.25) is 4.79 Å². The molecule has 28 heavy (non-hydrogen) atoms. The van der Waals surface area contributed by atoms with Gasteiger partial charge in [0.25, 0.3) is 5.91 Å². The lowest BCUT2D eigenvalue weighted by molar-refractivity contribution is 0.0941. The van der Waals surface area contributed by atoms with Crippen LogP contribution in [0.1, 0.15) is 16.2 Å². The maximum Gasteiger partial charge on any atom is 0.273 e. The third-order valence-electron chi connectivity index (χ3n) is 4.14. The van der Waals surface area contributed by atoms with E-state index in [0.717, 1.165) is 16.9 Å². The van der Waals surface area contributed by atoms with Crippen molar-refractivity contribution >= 4 is 5.91 Å². The zero-order chi connectivity index (χ0) is 19.3. The summed E-state index contributed by atoms with van der Waals surface area (Å²) in [6.07, 6.45) is 0. The number of carbonyl (C=O) groups is 1. The van der Waals surface area contributed by atoms with E-state index in [-0.39, 0.29) is 18.1 Å². The van der Waals surface area contributed by atoms with Crippen molar-refractivity contribution in [2.24, 2.45) is 0 Å². The van der Waals surface area contributed by atoms with Gasteiger partial charge in [-0.25, -0.2) is 0 Å². The van der Waals surface area contributed by atoms with Crippen LogP contribution in [-0.4, -0.2) is 23.3 Å². The molecule has 0 fully saturated rings. The minimum Gasteiger partial charge on any atom is -0.497 e. The molecular formula is C21H17N3O4. The minimum absolute atomic E-state index is 0.204. The summed E-state index contributed by atoms with van der Waals surface area (Å²) < 4.78 is 15.8. The SMILES string of the molecule is COc1cccc(-c2cc(CNC(=O)c3cc(-c4ccccc4)on3)no2)c1. The highest BCUT2D eigenvalue weighted by Gasteiger charge is 2.15. The van der Waals surface area contributed by atoms with Crippen molar-refractivity contribution in [3.8, 4) is 28.4 Å². The summed E-state index contributed by atoms with van der Waals surface area (Å²) >= 11 is 0. The second-order valence-corrected chi connectivity index (χ2v) is 6.04. The predicted octanol–water partition coefficient (Wildman–Crippen LogP) is 3.94. The summed E-state index contributed by atoms with van der Waals surface area (Å²) in [6.45, 7) is 0.208. The number of methoxy groups -OCH3 is 1. The Bertz CT molecular complexity index is 1090. The van der Waals surface area contributed by atoms with E-state index in [9.17, 15) is 4.79 Å². The molecule has 0 aliphatic rings. The van der Waals surface area contributed by atoms with Crippen LogP contribution in [-0.2, 0) is 6.54 Å². The molecule has 0 unspecified atom stereocenters. The average molecular weight is 375 g/mol. The summed E-state index contributed by atoms with van der Waals surface area (Å²) in [7, 11) is 1.60. The lowest BCUT2D eigenvalue weighted by Gasteiger charge is -2.00. The summed E-state index contributed by atoms with van der Waals surface area (Å²) in [5.41, 5.74) is 2.50. The molecule has 2 aromatic carbocycles. The number of hydrogen-bond donors (Lipinski definition) is 1. The molecule has 7 nitrogen and oxygen atoms in total. The molecule has 1 amide bonds. The van der Waals surface area contributed by atoms with Crippen LogP contribution < -0.4 is 10.1 Å². The molecule has 0 saturated carbocycles. The van der Waals surface area contributed by atoms with Crippen LogP contribution >= 0.6 is 0 Å². The maximum absolute atomic E-state index is 12.3. The quantitative estimate of drug-likeness (QED) is 0.549. The van der Waals surface area contributed by atoms with Crippen LogP contribution in [0.15, 0.2) is 75.8 Å². The third-order valence-corrected chi connectivity index (χ3v) is 4.14. The van der Waals surface area contributed by atoms with E-state index in [2.05, 4.69) is 15.6 Å². The summed E-state index contributed by atoms with van der Waals surface area (Å²) in [5.74, 6) is 1.50. The largest absolute Gasteiger partial charge is 0.497 e. The molecule has 1 N–H and O–H groups in total. The van der Waals surface area contributed by atoms with Crippen molar-refractivity contribution in [1.29, 1.82) is 0 Å². The van der Waals surface area contributed by atoms with Crippen LogP contribution in [0.25, 0.3) is 22.6 Å². The van der Waals surface area contributed by atoms with Crippen LogP contribution in [0.2, 0.25) is 0 Å². The van der Waals surface area contributed by atoms with E-state index in [0.29, 0.717) is 17.2 Å². The Morgan fingerprint density at radius 2 is 1.68 bits per heavy atom. The van der Waals surface area contributed by atoms with E-state index in [1.54, 1.807) is 19.2 Å². The summed E-state index contributed by atoms with van der Waals surface area (Å²) in [4.78, 5) is 12.3. The standard InChI is InChI=1S/C21H17N3O4/c1-26-17-9-5-8-15(10-17)19-11-16(23-27-19)13-22-21(25)18-12-20(28-24-18)14-6-3-2-4-7-14/h2-12H,13H2,1H3,(H,22,25). The van der Waals surface area contributed by atoms with Gasteiger partial charge in [-0.2, -0.15) is 0 Å². The Labute approximate surface area is 160 Å². The second kappa shape index (κ2) is 7.79. The molecule has 0 saturated heterocycles. The third kappa shape index (κ3) is 3.78. The molecule has 0 radical (unpaired) electrons. The normalized spacial score (nSPS) is 10.6. The maximum atomic E-state index is 12.3. The molecule has 140 valence electrons. The van der Waals surface area contributed by atoms with Gasteiger partial charge in [0.1, 0.15) is 11.4 Å². The van der Waals surface area contributed by atoms with Gasteiger partial charge in [0.15, 0.2) is 17.2 Å². The number of nitrogens with zero attached hydrogens (tertiary/aromatic N) is 2. The van der Waals surface area contributed by atoms with Crippen LogP contribution in [0.5, 0.6) is 5.75 Å². The molecule has 0 aliphatic heterocycles. The average Bonchev–Trinajstić information content (AvgIpc) is 3.43. The molecule has 4 rings (SSSR count). The fourth-order valence-corrected chi connectivity index (χ4v) is 2.69. The van der Waals surface area contributed by atoms with Crippen molar-refractivity contribution in [3.63, 3.8) is 0 Å². The zero-order valence-corrected chi connectivity index (χ0v) is 15.1. The van der Waals surface area contributed by atoms with Gasteiger partial charge in [0.2, 0.25) is 0 Å². The summed E-state index contributed by atoms with van der Waals surface area (Å²) in [5, 5.41) is 10.6. The van der Waals surface area contributed by atoms with E-state index in [1.807, 2.05) is 54.6 Å². The van der Waals surface area contributed by atoms with Gasteiger partial charge in [0, 0.05) is 23.3 Å². The van der Waals surface area contributed by atoms with E-state index in [4.69, 9.17) is 13.8 Å². The molecule has 4 aromatic rings. The number of aromatic nitrogens is 2. The number of benzene rings is 2. The molecular weight excluding hydrogens is 358 g/mol. The first-order valence-electron chi connectivity index (χ1n) is 8.63. The molecule has 2 heterocycles. The van der Waals surface area contributed by atoms with Crippen molar-refractivity contribution in [3.05, 3.63) is 78.1 Å². The fraction of sp³-hybridized carbons (Fsp3) is 0.0952. The van der Waals surface area contributed by atoms with Crippen LogP contribution in [0.4, 0.5) is 0 Å². The first-order valence-corrected chi connectivity index (χ1v) is 8.63. The topological polar surface area (TPSA) is 90.4 Å². The monoisotopic (exact) mass is 375 g/mol. The van der Waals surface area contributed by atoms with Gasteiger partial charge in [-0.05, 0) is 12.1 Å². The highest BCUT2D eigenvalue weighted by atomic mass is 16.5. The van der Waals surface area contributed by atoms with Crippen LogP contribution in [0, 0.1) is 0 Å². The van der Waals surface area contributed by atoms with Gasteiger partial charge >= 0.3 is 0 Å². The predicted molar refractivity (Wildman–Crippen MR) is 102 cm³/mol.